The second-order valence-electron chi connectivity index (χ2n) is 5.71. The zero-order valence-electron chi connectivity index (χ0n) is 14.5. The minimum absolute atomic E-state index is 0.0445. The smallest absolute Gasteiger partial charge is 0.433 e. The molecule has 11 heteroatoms. The number of piperazine rings is 1. The van der Waals surface area contributed by atoms with Crippen molar-refractivity contribution in [1.29, 1.82) is 0 Å². The fourth-order valence-corrected chi connectivity index (χ4v) is 2.57. The Kier molecular flexibility index (Phi) is 5.38. The van der Waals surface area contributed by atoms with Gasteiger partial charge < -0.3 is 14.5 Å². The zero-order chi connectivity index (χ0) is 19.4. The molecule has 1 saturated heterocycles. The third-order valence-corrected chi connectivity index (χ3v) is 3.93. The molecule has 0 atom stereocenters. The Morgan fingerprint density at radius 1 is 1.07 bits per heavy atom. The number of anilines is 2. The fourth-order valence-electron chi connectivity index (χ4n) is 2.57. The number of carbonyl (C=O) groups excluding carboxylic acids is 1. The van der Waals surface area contributed by atoms with Gasteiger partial charge in [-0.3, -0.25) is 0 Å². The Labute approximate surface area is 153 Å². The number of alkyl halides is 3. The molecular formula is C16H17F3N6O2. The van der Waals surface area contributed by atoms with E-state index in [1.165, 1.54) is 12.4 Å². The molecule has 2 aromatic heterocycles. The van der Waals surface area contributed by atoms with Gasteiger partial charge in [0.2, 0.25) is 11.9 Å². The van der Waals surface area contributed by atoms with E-state index < -0.39 is 17.8 Å². The van der Waals surface area contributed by atoms with Gasteiger partial charge >= 0.3 is 12.1 Å². The second kappa shape index (κ2) is 7.72. The van der Waals surface area contributed by atoms with Crippen LogP contribution in [-0.4, -0.2) is 58.7 Å². The largest absolute Gasteiger partial charge is 0.462 e. The minimum atomic E-state index is -4.51. The van der Waals surface area contributed by atoms with Gasteiger partial charge in [-0.05, 0) is 13.0 Å². The maximum Gasteiger partial charge on any atom is 0.433 e. The van der Waals surface area contributed by atoms with E-state index >= 15 is 0 Å². The normalized spacial score (nSPS) is 15.0. The standard InChI is InChI=1S/C16H17F3N6O2/c1-2-27-13(26)11-9-21-14(22-10-11)24-5-7-25(8-6-24)15-20-4-3-12(23-15)16(17,18)19/h3-4,9-10H,2,5-8H2,1H3. The molecule has 0 N–H and O–H groups in total. The van der Waals surface area contributed by atoms with Crippen LogP contribution < -0.4 is 9.80 Å². The van der Waals surface area contributed by atoms with Crippen molar-refractivity contribution in [3.63, 3.8) is 0 Å². The SMILES string of the molecule is CCOC(=O)c1cnc(N2CCN(c3nccc(C(F)(F)F)n3)CC2)nc1. The van der Waals surface area contributed by atoms with Crippen molar-refractivity contribution in [1.82, 2.24) is 19.9 Å². The van der Waals surface area contributed by atoms with Crippen LogP contribution in [-0.2, 0) is 10.9 Å². The first-order valence-electron chi connectivity index (χ1n) is 8.28. The number of nitrogens with zero attached hydrogens (tertiary/aromatic N) is 6. The average Bonchev–Trinajstić information content (AvgIpc) is 2.68. The highest BCUT2D eigenvalue weighted by Gasteiger charge is 2.33. The first-order chi connectivity index (χ1) is 12.9. The molecule has 0 unspecified atom stereocenters. The van der Waals surface area contributed by atoms with E-state index in [0.717, 1.165) is 12.3 Å². The van der Waals surface area contributed by atoms with Gasteiger partial charge in [-0.15, -0.1) is 0 Å². The van der Waals surface area contributed by atoms with Crippen LogP contribution in [0, 0.1) is 0 Å². The topological polar surface area (TPSA) is 84.3 Å². The van der Waals surface area contributed by atoms with Crippen molar-refractivity contribution >= 4 is 17.9 Å². The molecular weight excluding hydrogens is 365 g/mol. The van der Waals surface area contributed by atoms with Crippen molar-refractivity contribution in [2.24, 2.45) is 0 Å². The maximum atomic E-state index is 12.8. The maximum absolute atomic E-state index is 12.8. The first kappa shape index (κ1) is 18.8. The molecule has 144 valence electrons. The van der Waals surface area contributed by atoms with E-state index in [0.29, 0.717) is 32.1 Å². The lowest BCUT2D eigenvalue weighted by atomic mass is 10.3. The van der Waals surface area contributed by atoms with Crippen LogP contribution in [0.1, 0.15) is 23.0 Å². The van der Waals surface area contributed by atoms with Crippen molar-refractivity contribution in [2.45, 2.75) is 13.1 Å². The van der Waals surface area contributed by atoms with Crippen LogP contribution in [0.15, 0.2) is 24.7 Å². The molecule has 2 aromatic rings. The van der Waals surface area contributed by atoms with Crippen LogP contribution in [0.3, 0.4) is 0 Å². The second-order valence-corrected chi connectivity index (χ2v) is 5.71. The average molecular weight is 382 g/mol. The first-order valence-corrected chi connectivity index (χ1v) is 8.28. The third kappa shape index (κ3) is 4.41. The molecule has 0 aromatic carbocycles. The fraction of sp³-hybridized carbons (Fsp3) is 0.438. The highest BCUT2D eigenvalue weighted by Crippen LogP contribution is 2.28. The molecule has 0 aliphatic carbocycles. The number of ether oxygens (including phenoxy) is 1. The summed E-state index contributed by atoms with van der Waals surface area (Å²) in [6.07, 6.45) is -0.617. The Bertz CT molecular complexity index is 791. The van der Waals surface area contributed by atoms with E-state index in [4.69, 9.17) is 4.74 Å². The molecule has 27 heavy (non-hydrogen) atoms. The minimum Gasteiger partial charge on any atom is -0.462 e. The number of esters is 1. The van der Waals surface area contributed by atoms with Gasteiger partial charge in [-0.2, -0.15) is 13.2 Å². The number of hydrogen-bond donors (Lipinski definition) is 0. The summed E-state index contributed by atoms with van der Waals surface area (Å²) in [7, 11) is 0. The van der Waals surface area contributed by atoms with Crippen LogP contribution in [0.2, 0.25) is 0 Å². The Balaban J connectivity index is 1.63. The molecule has 0 bridgehead atoms. The molecule has 3 rings (SSSR count). The van der Waals surface area contributed by atoms with E-state index in [9.17, 15) is 18.0 Å². The summed E-state index contributed by atoms with van der Waals surface area (Å²) in [5.41, 5.74) is -0.704. The van der Waals surface area contributed by atoms with Gasteiger partial charge in [0, 0.05) is 44.8 Å². The number of hydrogen-bond acceptors (Lipinski definition) is 8. The Morgan fingerprint density at radius 2 is 1.67 bits per heavy atom. The molecule has 0 saturated carbocycles. The number of aromatic nitrogens is 4. The molecule has 1 aliphatic heterocycles. The van der Waals surface area contributed by atoms with E-state index in [1.807, 2.05) is 4.90 Å². The molecule has 1 aliphatic rings. The molecule has 8 nitrogen and oxygen atoms in total. The van der Waals surface area contributed by atoms with Crippen molar-refractivity contribution in [3.05, 3.63) is 35.9 Å². The van der Waals surface area contributed by atoms with Gasteiger partial charge in [0.25, 0.3) is 0 Å². The van der Waals surface area contributed by atoms with Crippen molar-refractivity contribution in [3.8, 4) is 0 Å². The van der Waals surface area contributed by atoms with Crippen LogP contribution in [0.25, 0.3) is 0 Å². The predicted octanol–water partition coefficient (Wildman–Crippen LogP) is 1.79. The predicted molar refractivity (Wildman–Crippen MR) is 89.4 cm³/mol. The van der Waals surface area contributed by atoms with Gasteiger partial charge in [-0.25, -0.2) is 24.7 Å². The molecule has 0 amide bonds. The van der Waals surface area contributed by atoms with Crippen LogP contribution >= 0.6 is 0 Å². The molecule has 3 heterocycles. The molecule has 1 fully saturated rings. The van der Waals surface area contributed by atoms with Gasteiger partial charge in [-0.1, -0.05) is 0 Å². The Hall–Kier alpha value is -2.98. The monoisotopic (exact) mass is 382 g/mol. The highest BCUT2D eigenvalue weighted by molar-refractivity contribution is 5.88. The molecule has 0 radical (unpaired) electrons. The summed E-state index contributed by atoms with van der Waals surface area (Å²) in [4.78, 5) is 31.0. The zero-order valence-corrected chi connectivity index (χ0v) is 14.5. The number of rotatable bonds is 4. The summed E-state index contributed by atoms with van der Waals surface area (Å²) >= 11 is 0. The summed E-state index contributed by atoms with van der Waals surface area (Å²) in [6.45, 7) is 3.78. The van der Waals surface area contributed by atoms with E-state index in [-0.39, 0.29) is 18.1 Å². The van der Waals surface area contributed by atoms with Gasteiger partial charge in [0.15, 0.2) is 0 Å². The highest BCUT2D eigenvalue weighted by atomic mass is 19.4. The van der Waals surface area contributed by atoms with Gasteiger partial charge in [0.05, 0.1) is 12.2 Å². The lowest BCUT2D eigenvalue weighted by Crippen LogP contribution is -2.47. The molecule has 0 spiro atoms. The van der Waals surface area contributed by atoms with Crippen LogP contribution in [0.5, 0.6) is 0 Å². The summed E-state index contributed by atoms with van der Waals surface area (Å²) in [5, 5.41) is 0. The number of carbonyl (C=O) groups is 1. The van der Waals surface area contributed by atoms with Crippen LogP contribution in [0.4, 0.5) is 25.1 Å². The van der Waals surface area contributed by atoms with Crippen molar-refractivity contribution in [2.75, 3.05) is 42.6 Å². The van der Waals surface area contributed by atoms with Crippen molar-refractivity contribution < 1.29 is 22.7 Å². The van der Waals surface area contributed by atoms with Gasteiger partial charge in [0.1, 0.15) is 5.69 Å². The Morgan fingerprint density at radius 3 is 2.22 bits per heavy atom. The summed E-state index contributed by atoms with van der Waals surface area (Å²) in [6, 6.07) is 0.846. The lowest BCUT2D eigenvalue weighted by Gasteiger charge is -2.34. The quantitative estimate of drug-likeness (QED) is 0.740. The van der Waals surface area contributed by atoms with E-state index in [2.05, 4.69) is 19.9 Å². The lowest BCUT2D eigenvalue weighted by molar-refractivity contribution is -0.141. The summed E-state index contributed by atoms with van der Waals surface area (Å²) in [5.74, 6) is -0.00808. The van der Waals surface area contributed by atoms with E-state index in [1.54, 1.807) is 11.8 Å². The third-order valence-electron chi connectivity index (χ3n) is 3.93. The number of halogens is 3. The summed E-state index contributed by atoms with van der Waals surface area (Å²) < 4.78 is 43.2.